The van der Waals surface area contributed by atoms with E-state index in [9.17, 15) is 0 Å². The van der Waals surface area contributed by atoms with Crippen molar-refractivity contribution in [3.63, 3.8) is 0 Å². The summed E-state index contributed by atoms with van der Waals surface area (Å²) in [5, 5.41) is 8.13. The molecule has 0 saturated carbocycles. The molecule has 1 aromatic rings. The molecule has 0 bridgehead atoms. The van der Waals surface area contributed by atoms with Crippen molar-refractivity contribution in [2.24, 2.45) is 5.92 Å². The van der Waals surface area contributed by atoms with E-state index < -0.39 is 0 Å². The van der Waals surface area contributed by atoms with Gasteiger partial charge in [-0.05, 0) is 42.1 Å². The Morgan fingerprint density at radius 1 is 1.35 bits per heavy atom. The highest BCUT2D eigenvalue weighted by Gasteiger charge is 2.15. The molecular formula is C13H24BrN3. The Morgan fingerprint density at radius 3 is 2.47 bits per heavy atom. The first-order valence-corrected chi connectivity index (χ1v) is 7.25. The number of rotatable bonds is 6. The summed E-state index contributed by atoms with van der Waals surface area (Å²) < 4.78 is 3.21. The van der Waals surface area contributed by atoms with Gasteiger partial charge in [0, 0.05) is 19.1 Å². The highest BCUT2D eigenvalue weighted by molar-refractivity contribution is 9.10. The maximum atomic E-state index is 4.51. The zero-order valence-corrected chi connectivity index (χ0v) is 13.1. The van der Waals surface area contributed by atoms with Crippen LogP contribution in [0.15, 0.2) is 4.47 Å². The first-order chi connectivity index (χ1) is 8.01. The molecule has 1 rings (SSSR count). The average molecular weight is 302 g/mol. The molecule has 0 aliphatic carbocycles. The van der Waals surface area contributed by atoms with E-state index in [0.717, 1.165) is 29.7 Å². The lowest BCUT2D eigenvalue weighted by Gasteiger charge is -2.21. The van der Waals surface area contributed by atoms with Crippen molar-refractivity contribution in [1.82, 2.24) is 15.1 Å². The Bertz CT molecular complexity index is 358. The van der Waals surface area contributed by atoms with E-state index in [1.165, 1.54) is 5.69 Å². The fraction of sp³-hybridized carbons (Fsp3) is 0.769. The molecule has 3 nitrogen and oxygen atoms in total. The van der Waals surface area contributed by atoms with Crippen molar-refractivity contribution < 1.29 is 0 Å². The smallest absolute Gasteiger partial charge is 0.0739 e. The molecule has 1 N–H and O–H groups in total. The van der Waals surface area contributed by atoms with Gasteiger partial charge in [-0.2, -0.15) is 5.10 Å². The van der Waals surface area contributed by atoms with Gasteiger partial charge in [-0.3, -0.25) is 4.68 Å². The number of aromatic nitrogens is 2. The standard InChI is InChI=1S/C13H24BrN3/c1-6-11(9(3)4)15-8-12-13(14)10(5)16-17(12)7-2/h9,11,15H,6-8H2,1-5H3. The van der Waals surface area contributed by atoms with Gasteiger partial charge in [-0.25, -0.2) is 0 Å². The number of hydrogen-bond acceptors (Lipinski definition) is 2. The third kappa shape index (κ3) is 3.55. The van der Waals surface area contributed by atoms with Crippen molar-refractivity contribution in [2.45, 2.75) is 60.2 Å². The Morgan fingerprint density at radius 2 is 2.00 bits per heavy atom. The molecule has 1 heterocycles. The van der Waals surface area contributed by atoms with E-state index in [4.69, 9.17) is 0 Å². The SMILES string of the molecule is CCC(NCc1c(Br)c(C)nn1CC)C(C)C. The third-order valence-electron chi connectivity index (χ3n) is 3.23. The molecule has 0 fully saturated rings. The maximum absolute atomic E-state index is 4.51. The van der Waals surface area contributed by atoms with E-state index in [2.05, 4.69) is 58.7 Å². The van der Waals surface area contributed by atoms with Crippen LogP contribution in [0, 0.1) is 12.8 Å². The van der Waals surface area contributed by atoms with Gasteiger partial charge in [0.2, 0.25) is 0 Å². The van der Waals surface area contributed by atoms with Gasteiger partial charge in [-0.1, -0.05) is 20.8 Å². The number of nitrogens with one attached hydrogen (secondary N) is 1. The predicted molar refractivity (Wildman–Crippen MR) is 76.1 cm³/mol. The van der Waals surface area contributed by atoms with Gasteiger partial charge in [0.25, 0.3) is 0 Å². The Hall–Kier alpha value is -0.350. The molecule has 1 atom stereocenters. The number of aryl methyl sites for hydroxylation is 2. The molecule has 98 valence electrons. The summed E-state index contributed by atoms with van der Waals surface area (Å²) in [5.74, 6) is 0.665. The molecule has 17 heavy (non-hydrogen) atoms. The van der Waals surface area contributed by atoms with Crippen LogP contribution in [0.3, 0.4) is 0 Å². The lowest BCUT2D eigenvalue weighted by Crippen LogP contribution is -2.33. The minimum Gasteiger partial charge on any atom is -0.308 e. The summed E-state index contributed by atoms with van der Waals surface area (Å²) in [5.41, 5.74) is 2.32. The second-order valence-electron chi connectivity index (χ2n) is 4.80. The predicted octanol–water partition coefficient (Wildman–Crippen LogP) is 3.50. The summed E-state index contributed by atoms with van der Waals surface area (Å²) in [7, 11) is 0. The molecule has 1 aromatic heterocycles. The normalized spacial score (nSPS) is 13.4. The maximum Gasteiger partial charge on any atom is 0.0739 e. The van der Waals surface area contributed by atoms with Crippen LogP contribution in [0.1, 0.15) is 45.5 Å². The third-order valence-corrected chi connectivity index (χ3v) is 4.26. The van der Waals surface area contributed by atoms with E-state index >= 15 is 0 Å². The Balaban J connectivity index is 2.74. The molecule has 0 amide bonds. The van der Waals surface area contributed by atoms with Crippen molar-refractivity contribution in [3.05, 3.63) is 15.9 Å². The van der Waals surface area contributed by atoms with Gasteiger partial charge in [0.15, 0.2) is 0 Å². The van der Waals surface area contributed by atoms with Gasteiger partial charge in [-0.15, -0.1) is 0 Å². The van der Waals surface area contributed by atoms with Crippen LogP contribution in [0.2, 0.25) is 0 Å². The van der Waals surface area contributed by atoms with Crippen LogP contribution in [0.5, 0.6) is 0 Å². The van der Waals surface area contributed by atoms with Crippen molar-refractivity contribution in [3.8, 4) is 0 Å². The van der Waals surface area contributed by atoms with Crippen LogP contribution >= 0.6 is 15.9 Å². The lowest BCUT2D eigenvalue weighted by atomic mass is 10.0. The minimum absolute atomic E-state index is 0.572. The van der Waals surface area contributed by atoms with E-state index in [1.807, 2.05) is 6.92 Å². The second kappa shape index (κ2) is 6.55. The molecule has 0 radical (unpaired) electrons. The van der Waals surface area contributed by atoms with Gasteiger partial charge >= 0.3 is 0 Å². The second-order valence-corrected chi connectivity index (χ2v) is 5.59. The van der Waals surface area contributed by atoms with Crippen LogP contribution in [-0.2, 0) is 13.1 Å². The Kier molecular flexibility index (Phi) is 5.67. The first-order valence-electron chi connectivity index (χ1n) is 6.46. The number of hydrogen-bond donors (Lipinski definition) is 1. The summed E-state index contributed by atoms with van der Waals surface area (Å²) >= 11 is 3.63. The van der Waals surface area contributed by atoms with Crippen LogP contribution in [-0.4, -0.2) is 15.8 Å². The van der Waals surface area contributed by atoms with Crippen LogP contribution < -0.4 is 5.32 Å². The summed E-state index contributed by atoms with van der Waals surface area (Å²) in [6, 6.07) is 0.572. The summed E-state index contributed by atoms with van der Waals surface area (Å²) in [6.45, 7) is 12.7. The monoisotopic (exact) mass is 301 g/mol. The quantitative estimate of drug-likeness (QED) is 0.871. The molecule has 0 aliphatic rings. The molecule has 0 spiro atoms. The topological polar surface area (TPSA) is 29.9 Å². The van der Waals surface area contributed by atoms with Crippen LogP contribution in [0.25, 0.3) is 0 Å². The average Bonchev–Trinajstić information content (AvgIpc) is 2.56. The highest BCUT2D eigenvalue weighted by atomic mass is 79.9. The van der Waals surface area contributed by atoms with Gasteiger partial charge in [0.1, 0.15) is 0 Å². The zero-order chi connectivity index (χ0) is 13.0. The largest absolute Gasteiger partial charge is 0.308 e. The van der Waals surface area contributed by atoms with E-state index in [-0.39, 0.29) is 0 Å². The van der Waals surface area contributed by atoms with Crippen molar-refractivity contribution >= 4 is 15.9 Å². The number of halogens is 1. The number of nitrogens with zero attached hydrogens (tertiary/aromatic N) is 2. The van der Waals surface area contributed by atoms with Crippen molar-refractivity contribution in [2.75, 3.05) is 0 Å². The fourth-order valence-electron chi connectivity index (χ4n) is 2.12. The van der Waals surface area contributed by atoms with Gasteiger partial charge in [0.05, 0.1) is 15.9 Å². The first kappa shape index (κ1) is 14.7. The molecule has 0 aliphatic heterocycles. The highest BCUT2D eigenvalue weighted by Crippen LogP contribution is 2.21. The summed E-state index contributed by atoms with van der Waals surface area (Å²) in [4.78, 5) is 0. The fourth-order valence-corrected chi connectivity index (χ4v) is 2.54. The molecule has 4 heteroatoms. The Labute approximate surface area is 113 Å². The summed E-state index contributed by atoms with van der Waals surface area (Å²) in [6.07, 6.45) is 1.16. The van der Waals surface area contributed by atoms with E-state index in [1.54, 1.807) is 0 Å². The zero-order valence-electron chi connectivity index (χ0n) is 11.5. The molecular weight excluding hydrogens is 278 g/mol. The molecule has 1 unspecified atom stereocenters. The van der Waals surface area contributed by atoms with Gasteiger partial charge < -0.3 is 5.32 Å². The molecule has 0 saturated heterocycles. The minimum atomic E-state index is 0.572. The van der Waals surface area contributed by atoms with Crippen LogP contribution in [0.4, 0.5) is 0 Å². The van der Waals surface area contributed by atoms with E-state index in [0.29, 0.717) is 12.0 Å². The van der Waals surface area contributed by atoms with Crippen molar-refractivity contribution in [1.29, 1.82) is 0 Å². The lowest BCUT2D eigenvalue weighted by molar-refractivity contribution is 0.380. The molecule has 0 aromatic carbocycles.